The third-order valence-corrected chi connectivity index (χ3v) is 6.51. The minimum Gasteiger partial charge on any atom is -0.368 e. The van der Waals surface area contributed by atoms with E-state index in [0.717, 1.165) is 31.7 Å². The van der Waals surface area contributed by atoms with E-state index in [4.69, 9.17) is 23.2 Å². The number of benzene rings is 2. The number of aryl methyl sites for hydroxylation is 1. The molecule has 0 radical (unpaired) electrons. The molecule has 4 rings (SSSR count). The summed E-state index contributed by atoms with van der Waals surface area (Å²) in [7, 11) is 0. The standard InChI is InChI=1S/C23H24Cl2N4O/c1-16-6-5-9-20(17(16)2)27-10-12-28(13-11-27)21-14-26-29(23(30)22(21)25)15-18-7-3-4-8-19(18)24/h3-9,14H,10-13,15H2,1-2H3. The van der Waals surface area contributed by atoms with Gasteiger partial charge in [0.1, 0.15) is 5.02 Å². The minimum atomic E-state index is -0.300. The van der Waals surface area contributed by atoms with Gasteiger partial charge in [0.25, 0.3) is 5.56 Å². The SMILES string of the molecule is Cc1cccc(N2CCN(c3cnn(Cc4ccccc4Cl)c(=O)c3Cl)CC2)c1C. The van der Waals surface area contributed by atoms with Crippen LogP contribution >= 0.6 is 23.2 Å². The highest BCUT2D eigenvalue weighted by atomic mass is 35.5. The molecule has 0 N–H and O–H groups in total. The molecule has 1 aliphatic heterocycles. The van der Waals surface area contributed by atoms with E-state index in [0.29, 0.717) is 17.3 Å². The van der Waals surface area contributed by atoms with Crippen molar-refractivity contribution in [3.63, 3.8) is 0 Å². The summed E-state index contributed by atoms with van der Waals surface area (Å²) < 4.78 is 1.36. The van der Waals surface area contributed by atoms with Crippen molar-refractivity contribution in [1.29, 1.82) is 0 Å². The zero-order valence-electron chi connectivity index (χ0n) is 17.1. The number of halogens is 2. The first-order valence-electron chi connectivity index (χ1n) is 10.0. The molecule has 30 heavy (non-hydrogen) atoms. The maximum atomic E-state index is 12.8. The Morgan fingerprint density at radius 1 is 0.900 bits per heavy atom. The van der Waals surface area contributed by atoms with Crippen LogP contribution in [0.2, 0.25) is 10.0 Å². The number of aromatic nitrogens is 2. The van der Waals surface area contributed by atoms with Crippen molar-refractivity contribution < 1.29 is 0 Å². The summed E-state index contributed by atoms with van der Waals surface area (Å²) in [4.78, 5) is 17.3. The molecule has 0 atom stereocenters. The highest BCUT2D eigenvalue weighted by molar-refractivity contribution is 6.33. The molecule has 1 aromatic heterocycles. The zero-order valence-corrected chi connectivity index (χ0v) is 18.6. The summed E-state index contributed by atoms with van der Waals surface area (Å²) in [6.45, 7) is 7.88. The summed E-state index contributed by atoms with van der Waals surface area (Å²) in [6.07, 6.45) is 1.69. The summed E-state index contributed by atoms with van der Waals surface area (Å²) in [6, 6.07) is 13.8. The van der Waals surface area contributed by atoms with E-state index in [1.165, 1.54) is 21.5 Å². The predicted octanol–water partition coefficient (Wildman–Crippen LogP) is 4.54. The highest BCUT2D eigenvalue weighted by Crippen LogP contribution is 2.27. The number of nitrogens with zero attached hydrogens (tertiary/aromatic N) is 4. The fourth-order valence-electron chi connectivity index (χ4n) is 3.84. The van der Waals surface area contributed by atoms with Crippen LogP contribution in [0.1, 0.15) is 16.7 Å². The van der Waals surface area contributed by atoms with Gasteiger partial charge in [0.15, 0.2) is 0 Å². The minimum absolute atomic E-state index is 0.206. The Balaban J connectivity index is 1.50. The summed E-state index contributed by atoms with van der Waals surface area (Å²) in [5.74, 6) is 0. The van der Waals surface area contributed by atoms with Gasteiger partial charge in [-0.05, 0) is 42.7 Å². The Bertz CT molecular complexity index is 1120. The van der Waals surface area contributed by atoms with Gasteiger partial charge in [-0.2, -0.15) is 5.10 Å². The van der Waals surface area contributed by atoms with Gasteiger partial charge in [-0.3, -0.25) is 4.79 Å². The largest absolute Gasteiger partial charge is 0.368 e. The molecular weight excluding hydrogens is 419 g/mol. The lowest BCUT2D eigenvalue weighted by Crippen LogP contribution is -2.47. The Morgan fingerprint density at radius 2 is 1.57 bits per heavy atom. The Kier molecular flexibility index (Phi) is 6.02. The van der Waals surface area contributed by atoms with Crippen LogP contribution in [0.5, 0.6) is 0 Å². The first-order chi connectivity index (χ1) is 14.5. The molecule has 0 aliphatic carbocycles. The third kappa shape index (κ3) is 4.05. The molecule has 0 unspecified atom stereocenters. The van der Waals surface area contributed by atoms with Gasteiger partial charge >= 0.3 is 0 Å². The topological polar surface area (TPSA) is 41.4 Å². The Labute approximate surface area is 186 Å². The van der Waals surface area contributed by atoms with E-state index < -0.39 is 0 Å². The lowest BCUT2D eigenvalue weighted by Gasteiger charge is -2.38. The van der Waals surface area contributed by atoms with E-state index in [-0.39, 0.29) is 10.6 Å². The molecule has 1 saturated heterocycles. The van der Waals surface area contributed by atoms with E-state index in [2.05, 4.69) is 46.9 Å². The summed E-state index contributed by atoms with van der Waals surface area (Å²) in [5, 5.41) is 5.17. The molecule has 0 amide bonds. The Hall–Kier alpha value is -2.50. The molecule has 1 aliphatic rings. The molecule has 3 aromatic rings. The Morgan fingerprint density at radius 3 is 2.27 bits per heavy atom. The molecule has 0 bridgehead atoms. The first kappa shape index (κ1) is 20.8. The van der Waals surface area contributed by atoms with E-state index in [9.17, 15) is 4.79 Å². The zero-order chi connectivity index (χ0) is 21.3. The summed E-state index contributed by atoms with van der Waals surface area (Å²) in [5.41, 5.74) is 5.11. The van der Waals surface area contributed by atoms with Crippen molar-refractivity contribution in [3.05, 3.63) is 85.8 Å². The van der Waals surface area contributed by atoms with E-state index in [1.54, 1.807) is 12.3 Å². The second-order valence-electron chi connectivity index (χ2n) is 7.59. The van der Waals surface area contributed by atoms with Crippen molar-refractivity contribution in [1.82, 2.24) is 9.78 Å². The van der Waals surface area contributed by atoms with Gasteiger partial charge in [-0.1, -0.05) is 53.5 Å². The van der Waals surface area contributed by atoms with Crippen LogP contribution in [0.15, 0.2) is 53.5 Å². The van der Waals surface area contributed by atoms with Crippen LogP contribution in [0, 0.1) is 13.8 Å². The number of hydrogen-bond acceptors (Lipinski definition) is 4. The fourth-order valence-corrected chi connectivity index (χ4v) is 4.31. The van der Waals surface area contributed by atoms with Crippen LogP contribution < -0.4 is 15.4 Å². The van der Waals surface area contributed by atoms with Gasteiger partial charge in [0.05, 0.1) is 18.4 Å². The van der Waals surface area contributed by atoms with Crippen molar-refractivity contribution in [2.24, 2.45) is 0 Å². The van der Waals surface area contributed by atoms with Gasteiger partial charge < -0.3 is 9.80 Å². The normalized spacial score (nSPS) is 14.3. The number of anilines is 2. The van der Waals surface area contributed by atoms with Crippen molar-refractivity contribution >= 4 is 34.6 Å². The van der Waals surface area contributed by atoms with Gasteiger partial charge in [-0.25, -0.2) is 4.68 Å². The highest BCUT2D eigenvalue weighted by Gasteiger charge is 2.22. The molecule has 7 heteroatoms. The smallest absolute Gasteiger partial charge is 0.287 e. The molecule has 0 saturated carbocycles. The molecule has 0 spiro atoms. The second kappa shape index (κ2) is 8.70. The van der Waals surface area contributed by atoms with E-state index in [1.807, 2.05) is 18.2 Å². The lowest BCUT2D eigenvalue weighted by molar-refractivity contribution is 0.622. The molecule has 2 heterocycles. The lowest BCUT2D eigenvalue weighted by atomic mass is 10.1. The van der Waals surface area contributed by atoms with Crippen molar-refractivity contribution in [3.8, 4) is 0 Å². The number of rotatable bonds is 4. The average molecular weight is 443 g/mol. The summed E-state index contributed by atoms with van der Waals surface area (Å²) >= 11 is 12.7. The maximum Gasteiger partial charge on any atom is 0.287 e. The first-order valence-corrected chi connectivity index (χ1v) is 10.8. The van der Waals surface area contributed by atoms with Crippen LogP contribution in [0.4, 0.5) is 11.4 Å². The van der Waals surface area contributed by atoms with Crippen LogP contribution in [0.25, 0.3) is 0 Å². The molecule has 5 nitrogen and oxygen atoms in total. The molecule has 2 aromatic carbocycles. The molecule has 1 fully saturated rings. The molecule has 156 valence electrons. The van der Waals surface area contributed by atoms with Gasteiger partial charge in [-0.15, -0.1) is 0 Å². The van der Waals surface area contributed by atoms with Crippen LogP contribution in [-0.2, 0) is 6.54 Å². The van der Waals surface area contributed by atoms with E-state index >= 15 is 0 Å². The van der Waals surface area contributed by atoms with Crippen LogP contribution in [0.3, 0.4) is 0 Å². The van der Waals surface area contributed by atoms with Crippen molar-refractivity contribution in [2.45, 2.75) is 20.4 Å². The van der Waals surface area contributed by atoms with Gasteiger partial charge in [0.2, 0.25) is 0 Å². The maximum absolute atomic E-state index is 12.8. The van der Waals surface area contributed by atoms with Crippen molar-refractivity contribution in [2.75, 3.05) is 36.0 Å². The number of hydrogen-bond donors (Lipinski definition) is 0. The monoisotopic (exact) mass is 442 g/mol. The fraction of sp³-hybridized carbons (Fsp3) is 0.304. The number of piperazine rings is 1. The molecular formula is C23H24Cl2N4O. The van der Waals surface area contributed by atoms with Crippen LogP contribution in [-0.4, -0.2) is 36.0 Å². The van der Waals surface area contributed by atoms with Gasteiger partial charge in [0, 0.05) is 36.9 Å². The quantitative estimate of drug-likeness (QED) is 0.594. The third-order valence-electron chi connectivity index (χ3n) is 5.78. The second-order valence-corrected chi connectivity index (χ2v) is 8.38. The average Bonchev–Trinajstić information content (AvgIpc) is 2.75. The predicted molar refractivity (Wildman–Crippen MR) is 124 cm³/mol.